The number of aliphatic hydroxyl groups is 1. The maximum atomic E-state index is 12.0. The van der Waals surface area contributed by atoms with Crippen molar-refractivity contribution in [3.8, 4) is 6.07 Å². The minimum atomic E-state index is -4.73. The van der Waals surface area contributed by atoms with E-state index in [2.05, 4.69) is 14.5 Å². The third-order valence-corrected chi connectivity index (χ3v) is 3.92. The maximum Gasteiger partial charge on any atom is 0.469 e. The molecule has 0 bridgehead atoms. The lowest BCUT2D eigenvalue weighted by molar-refractivity contribution is -0.0211. The van der Waals surface area contributed by atoms with Gasteiger partial charge < -0.3 is 29.9 Å². The Balaban J connectivity index is 1.97. The number of ether oxygens (including phenoxy) is 1. The fourth-order valence-electron chi connectivity index (χ4n) is 2.42. The van der Waals surface area contributed by atoms with Gasteiger partial charge in [0.05, 0.1) is 12.2 Å². The molecule has 3 heterocycles. The van der Waals surface area contributed by atoms with Gasteiger partial charge in [-0.15, -0.1) is 0 Å². The molecular weight excluding hydrogens is 357 g/mol. The summed E-state index contributed by atoms with van der Waals surface area (Å²) in [6.07, 6.45) is 0.407. The molecule has 1 aliphatic heterocycles. The van der Waals surface area contributed by atoms with Crippen molar-refractivity contribution < 1.29 is 28.7 Å². The van der Waals surface area contributed by atoms with E-state index in [1.165, 1.54) is 16.8 Å². The molecule has 0 aromatic carbocycles. The quantitative estimate of drug-likeness (QED) is 0.443. The lowest BCUT2D eigenvalue weighted by atomic mass is 10.3. The van der Waals surface area contributed by atoms with Crippen molar-refractivity contribution in [1.82, 2.24) is 14.5 Å². The number of aromatic amines is 1. The molecule has 0 spiro atoms. The van der Waals surface area contributed by atoms with Crippen molar-refractivity contribution in [2.45, 2.75) is 12.3 Å². The second-order valence-corrected chi connectivity index (χ2v) is 6.34. The number of hydrogen-bond acceptors (Lipinski definition) is 8. The van der Waals surface area contributed by atoms with E-state index in [9.17, 15) is 19.7 Å². The summed E-state index contributed by atoms with van der Waals surface area (Å²) in [5.74, 6) is -0.495. The Hall–Kier alpha value is -2.68. The van der Waals surface area contributed by atoms with E-state index in [4.69, 9.17) is 20.3 Å². The topological polar surface area (TPSA) is 197 Å². The molecule has 25 heavy (non-hydrogen) atoms. The maximum absolute atomic E-state index is 12.0. The molecule has 6 N–H and O–H groups in total. The molecule has 1 aliphatic rings. The molecule has 0 radical (unpaired) electrons. The van der Waals surface area contributed by atoms with Gasteiger partial charge in [-0.2, -0.15) is 10.2 Å². The van der Waals surface area contributed by atoms with E-state index < -0.39 is 32.3 Å². The highest BCUT2D eigenvalue weighted by molar-refractivity contribution is 7.46. The highest BCUT2D eigenvalue weighted by Gasteiger charge is 2.32. The zero-order chi connectivity index (χ0) is 18.4. The van der Waals surface area contributed by atoms with Gasteiger partial charge in [0.1, 0.15) is 23.3 Å². The summed E-state index contributed by atoms with van der Waals surface area (Å²) in [5, 5.41) is 19.1. The molecule has 2 aromatic rings. The molecule has 2 atom stereocenters. The Labute approximate surface area is 139 Å². The normalized spacial score (nSPS) is 20.6. The first-order valence-electron chi connectivity index (χ1n) is 6.76. The molecule has 0 saturated carbocycles. The number of rotatable bonds is 4. The van der Waals surface area contributed by atoms with Crippen LogP contribution in [0.2, 0.25) is 0 Å². The SMILES string of the molecule is N#Cc1cn(C2C=C(O)C(COP(=O)(O)O)O2)c2nc(N)[nH]c(=O)c12. The van der Waals surface area contributed by atoms with Gasteiger partial charge in [-0.05, 0) is 0 Å². The van der Waals surface area contributed by atoms with Crippen LogP contribution in [0.4, 0.5) is 5.95 Å². The van der Waals surface area contributed by atoms with Crippen molar-refractivity contribution in [3.05, 3.63) is 33.9 Å². The molecule has 0 fully saturated rings. The Morgan fingerprint density at radius 2 is 2.28 bits per heavy atom. The van der Waals surface area contributed by atoms with Crippen LogP contribution in [-0.4, -0.2) is 42.1 Å². The van der Waals surface area contributed by atoms with Crippen LogP contribution >= 0.6 is 7.82 Å². The molecule has 2 aromatic heterocycles. The average Bonchev–Trinajstić information content (AvgIpc) is 3.04. The van der Waals surface area contributed by atoms with Gasteiger partial charge in [-0.25, -0.2) is 4.57 Å². The monoisotopic (exact) mass is 369 g/mol. The standard InChI is InChI=1S/C12H12N5O7P/c13-2-5-3-17(10-9(5)11(19)16-12(14)15-10)8-1-6(18)7(24-8)4-23-25(20,21)22/h1,3,7-8,18H,4H2,(H2,20,21,22)(H3,14,15,16,19). The van der Waals surface area contributed by atoms with Gasteiger partial charge in [0.15, 0.2) is 11.9 Å². The number of nitrogens with one attached hydrogen (secondary N) is 1. The fraction of sp³-hybridized carbons (Fsp3) is 0.250. The second kappa shape index (κ2) is 5.99. The summed E-state index contributed by atoms with van der Waals surface area (Å²) in [7, 11) is -4.73. The summed E-state index contributed by atoms with van der Waals surface area (Å²) in [6.45, 7) is -0.594. The molecule has 3 rings (SSSR count). The van der Waals surface area contributed by atoms with Crippen LogP contribution in [0.1, 0.15) is 11.8 Å². The van der Waals surface area contributed by atoms with Gasteiger partial charge in [0.25, 0.3) is 5.56 Å². The molecule has 2 unspecified atom stereocenters. The highest BCUT2D eigenvalue weighted by Crippen LogP contribution is 2.38. The summed E-state index contributed by atoms with van der Waals surface area (Å²) < 4.78 is 21.8. The number of phosphoric acid groups is 1. The van der Waals surface area contributed by atoms with Crippen molar-refractivity contribution in [2.24, 2.45) is 0 Å². The Morgan fingerprint density at radius 3 is 2.92 bits per heavy atom. The summed E-state index contributed by atoms with van der Waals surface area (Å²) >= 11 is 0. The van der Waals surface area contributed by atoms with E-state index in [-0.39, 0.29) is 28.3 Å². The van der Waals surface area contributed by atoms with Gasteiger partial charge in [-0.3, -0.25) is 14.3 Å². The van der Waals surface area contributed by atoms with Crippen LogP contribution in [0.5, 0.6) is 0 Å². The number of H-pyrrole nitrogens is 1. The predicted octanol–water partition coefficient (Wildman–Crippen LogP) is -0.373. The van der Waals surface area contributed by atoms with Crippen LogP contribution in [0.15, 0.2) is 22.8 Å². The second-order valence-electron chi connectivity index (χ2n) is 5.10. The van der Waals surface area contributed by atoms with Crippen LogP contribution in [0, 0.1) is 11.3 Å². The number of phosphoric ester groups is 1. The molecule has 13 heteroatoms. The number of nitrogen functional groups attached to an aromatic ring is 1. The Kier molecular flexibility index (Phi) is 4.11. The van der Waals surface area contributed by atoms with Crippen LogP contribution in [0.3, 0.4) is 0 Å². The average molecular weight is 369 g/mol. The molecule has 0 saturated heterocycles. The smallest absolute Gasteiger partial charge is 0.469 e. The Morgan fingerprint density at radius 1 is 1.56 bits per heavy atom. The first-order chi connectivity index (χ1) is 11.7. The van der Waals surface area contributed by atoms with Gasteiger partial charge in [0.2, 0.25) is 5.95 Å². The minimum absolute atomic E-state index is 0.00288. The molecule has 12 nitrogen and oxygen atoms in total. The van der Waals surface area contributed by atoms with Gasteiger partial charge in [-0.1, -0.05) is 0 Å². The summed E-state index contributed by atoms with van der Waals surface area (Å²) in [4.78, 5) is 35.7. The first-order valence-corrected chi connectivity index (χ1v) is 8.29. The number of aliphatic hydroxyl groups excluding tert-OH is 1. The number of nitriles is 1. The summed E-state index contributed by atoms with van der Waals surface area (Å²) in [6, 6.07) is 1.85. The zero-order valence-electron chi connectivity index (χ0n) is 12.4. The fourth-order valence-corrected chi connectivity index (χ4v) is 2.75. The van der Waals surface area contributed by atoms with Gasteiger partial charge in [0, 0.05) is 12.3 Å². The van der Waals surface area contributed by atoms with E-state index in [1.807, 2.05) is 6.07 Å². The molecule has 0 aliphatic carbocycles. The highest BCUT2D eigenvalue weighted by atomic mass is 31.2. The van der Waals surface area contributed by atoms with Crippen molar-refractivity contribution in [3.63, 3.8) is 0 Å². The van der Waals surface area contributed by atoms with E-state index in [1.54, 1.807) is 0 Å². The van der Waals surface area contributed by atoms with Crippen molar-refractivity contribution in [2.75, 3.05) is 12.3 Å². The lowest BCUT2D eigenvalue weighted by Gasteiger charge is -2.16. The number of anilines is 1. The van der Waals surface area contributed by atoms with Gasteiger partial charge >= 0.3 is 7.82 Å². The lowest BCUT2D eigenvalue weighted by Crippen LogP contribution is -2.20. The van der Waals surface area contributed by atoms with Crippen LogP contribution < -0.4 is 11.3 Å². The number of nitrogens with two attached hydrogens (primary N) is 1. The van der Waals surface area contributed by atoms with Crippen LogP contribution in [0.25, 0.3) is 11.0 Å². The summed E-state index contributed by atoms with van der Waals surface area (Å²) in [5.41, 5.74) is 4.99. The third-order valence-electron chi connectivity index (χ3n) is 3.44. The van der Waals surface area contributed by atoms with E-state index >= 15 is 0 Å². The van der Waals surface area contributed by atoms with E-state index in [0.717, 1.165) is 0 Å². The Bertz CT molecular complexity index is 1010. The molecular formula is C12H12N5O7P. The van der Waals surface area contributed by atoms with Crippen molar-refractivity contribution in [1.29, 1.82) is 5.26 Å². The largest absolute Gasteiger partial charge is 0.510 e. The number of fused-ring (bicyclic) bond motifs is 1. The molecule has 0 amide bonds. The predicted molar refractivity (Wildman–Crippen MR) is 82.1 cm³/mol. The van der Waals surface area contributed by atoms with Crippen molar-refractivity contribution >= 4 is 24.8 Å². The zero-order valence-corrected chi connectivity index (χ0v) is 13.3. The minimum Gasteiger partial charge on any atom is -0.510 e. The number of aromatic nitrogens is 3. The number of nitrogens with zero attached hydrogens (tertiary/aromatic N) is 3. The number of hydrogen-bond donors (Lipinski definition) is 5. The van der Waals surface area contributed by atoms with E-state index in [0.29, 0.717) is 0 Å². The molecule has 132 valence electrons. The third kappa shape index (κ3) is 3.27. The van der Waals surface area contributed by atoms with Crippen LogP contribution in [-0.2, 0) is 13.8 Å². The first kappa shape index (κ1) is 17.2.